The molecule has 0 aliphatic rings. The number of amides is 1. The van der Waals surface area contributed by atoms with Gasteiger partial charge in [-0.05, 0) is 41.7 Å². The van der Waals surface area contributed by atoms with Crippen molar-refractivity contribution in [3.8, 4) is 11.1 Å². The van der Waals surface area contributed by atoms with E-state index in [4.69, 9.17) is 4.74 Å². The number of pyridine rings is 1. The van der Waals surface area contributed by atoms with Crippen LogP contribution in [0.25, 0.3) is 11.1 Å². The quantitative estimate of drug-likeness (QED) is 0.409. The average Bonchev–Trinajstić information content (AvgIpc) is 2.80. The zero-order valence-electron chi connectivity index (χ0n) is 19.3. The van der Waals surface area contributed by atoms with E-state index in [0.29, 0.717) is 35.2 Å². The molecule has 0 saturated heterocycles. The number of nitrogens with one attached hydrogen (secondary N) is 1. The average molecular weight is 445 g/mol. The van der Waals surface area contributed by atoms with Crippen LogP contribution in [-0.4, -0.2) is 29.7 Å². The molecular weight excluding hydrogens is 416 g/mol. The molecule has 0 radical (unpaired) electrons. The Kier molecular flexibility index (Phi) is 7.38. The molecule has 2 aromatic carbocycles. The molecule has 0 spiro atoms. The molecule has 6 nitrogen and oxygen atoms in total. The largest absolute Gasteiger partial charge is 0.457 e. The first kappa shape index (κ1) is 23.9. The van der Waals surface area contributed by atoms with Gasteiger partial charge in [-0.25, -0.2) is 9.78 Å². The maximum absolute atomic E-state index is 13.1. The molecule has 170 valence electrons. The third-order valence-corrected chi connectivity index (χ3v) is 4.96. The fourth-order valence-electron chi connectivity index (χ4n) is 3.23. The van der Waals surface area contributed by atoms with Crippen LogP contribution in [0.5, 0.6) is 0 Å². The number of aromatic nitrogens is 1. The van der Waals surface area contributed by atoms with Crippen molar-refractivity contribution in [2.24, 2.45) is 5.41 Å². The first-order chi connectivity index (χ1) is 15.7. The van der Waals surface area contributed by atoms with Gasteiger partial charge in [-0.3, -0.25) is 9.59 Å². The molecule has 0 fully saturated rings. The lowest BCUT2D eigenvalue weighted by molar-refractivity contribution is 0.0473. The number of benzene rings is 2. The number of carbonyl (C=O) groups is 3. The minimum atomic E-state index is -0.586. The van der Waals surface area contributed by atoms with Gasteiger partial charge in [0.2, 0.25) is 0 Å². The number of carbonyl (C=O) groups excluding carboxylic acids is 3. The smallest absolute Gasteiger partial charge is 0.339 e. The summed E-state index contributed by atoms with van der Waals surface area (Å²) >= 11 is 0. The molecule has 3 rings (SSSR count). The number of hydrogen-bond acceptors (Lipinski definition) is 5. The van der Waals surface area contributed by atoms with Gasteiger partial charge >= 0.3 is 5.97 Å². The maximum Gasteiger partial charge on any atom is 0.339 e. The highest BCUT2D eigenvalue weighted by Crippen LogP contribution is 2.28. The van der Waals surface area contributed by atoms with Crippen LogP contribution in [0, 0.1) is 12.3 Å². The summed E-state index contributed by atoms with van der Waals surface area (Å²) in [5.74, 6) is -0.872. The molecule has 3 aromatic rings. The fraction of sp³-hybridized carbons (Fsp3) is 0.259. The second kappa shape index (κ2) is 10.2. The van der Waals surface area contributed by atoms with E-state index in [2.05, 4.69) is 10.3 Å². The Hall–Kier alpha value is -3.80. The predicted octanol–water partition coefficient (Wildman–Crippen LogP) is 5.00. The zero-order valence-corrected chi connectivity index (χ0v) is 19.3. The maximum atomic E-state index is 13.1. The Balaban J connectivity index is 1.99. The highest BCUT2D eigenvalue weighted by Gasteiger charge is 2.21. The first-order valence-electron chi connectivity index (χ1n) is 10.7. The Morgan fingerprint density at radius 3 is 2.36 bits per heavy atom. The van der Waals surface area contributed by atoms with Crippen LogP contribution in [0.4, 0.5) is 0 Å². The van der Waals surface area contributed by atoms with Gasteiger partial charge in [0.15, 0.2) is 6.29 Å². The minimum absolute atomic E-state index is 0.0839. The topological polar surface area (TPSA) is 85.4 Å². The highest BCUT2D eigenvalue weighted by atomic mass is 16.5. The van der Waals surface area contributed by atoms with E-state index in [-0.39, 0.29) is 29.2 Å². The van der Waals surface area contributed by atoms with Gasteiger partial charge in [0.25, 0.3) is 5.91 Å². The molecule has 33 heavy (non-hydrogen) atoms. The van der Waals surface area contributed by atoms with Gasteiger partial charge in [0, 0.05) is 23.4 Å². The van der Waals surface area contributed by atoms with Crippen molar-refractivity contribution in [1.82, 2.24) is 10.3 Å². The number of esters is 1. The zero-order chi connectivity index (χ0) is 24.0. The normalized spacial score (nSPS) is 11.0. The molecular formula is C27H28N2O4. The summed E-state index contributed by atoms with van der Waals surface area (Å²) in [4.78, 5) is 41.8. The van der Waals surface area contributed by atoms with Crippen molar-refractivity contribution in [2.75, 3.05) is 6.54 Å². The number of aldehydes is 1. The molecule has 1 N–H and O–H groups in total. The van der Waals surface area contributed by atoms with Crippen molar-refractivity contribution >= 4 is 18.2 Å². The third-order valence-electron chi connectivity index (χ3n) is 4.96. The summed E-state index contributed by atoms with van der Waals surface area (Å²) in [7, 11) is 0. The number of nitrogens with zero attached hydrogens (tertiary/aromatic N) is 1. The molecule has 0 bridgehead atoms. The summed E-state index contributed by atoms with van der Waals surface area (Å²) in [5.41, 5.74) is 3.19. The van der Waals surface area contributed by atoms with Crippen LogP contribution < -0.4 is 5.32 Å². The SMILES string of the molecule is Cc1ccc(-c2ccc(C(=O)NCC(C)(C)C)cc2C(=O)OCc2ccccc2)c(C=O)n1. The van der Waals surface area contributed by atoms with E-state index in [1.54, 1.807) is 31.2 Å². The van der Waals surface area contributed by atoms with Gasteiger partial charge in [0.1, 0.15) is 12.3 Å². The summed E-state index contributed by atoms with van der Waals surface area (Å²) < 4.78 is 5.54. The molecule has 6 heteroatoms. The van der Waals surface area contributed by atoms with E-state index in [1.165, 1.54) is 6.07 Å². The lowest BCUT2D eigenvalue weighted by atomic mass is 9.95. The van der Waals surface area contributed by atoms with E-state index in [9.17, 15) is 14.4 Å². The minimum Gasteiger partial charge on any atom is -0.457 e. The molecule has 1 heterocycles. The second-order valence-corrected chi connectivity index (χ2v) is 9.07. The van der Waals surface area contributed by atoms with Crippen molar-refractivity contribution in [3.05, 3.63) is 88.7 Å². The summed E-state index contributed by atoms with van der Waals surface area (Å²) in [6, 6.07) is 17.6. The standard InChI is InChI=1S/C27H28N2O4/c1-18-10-12-22(24(15-30)29-18)21-13-11-20(25(31)28-17-27(2,3)4)14-23(21)26(32)33-16-19-8-6-5-7-9-19/h5-15H,16-17H2,1-4H3,(H,28,31). The van der Waals surface area contributed by atoms with Gasteiger partial charge in [-0.2, -0.15) is 0 Å². The monoisotopic (exact) mass is 444 g/mol. The van der Waals surface area contributed by atoms with Crippen molar-refractivity contribution < 1.29 is 19.1 Å². The van der Waals surface area contributed by atoms with Crippen LogP contribution in [-0.2, 0) is 11.3 Å². The lowest BCUT2D eigenvalue weighted by Crippen LogP contribution is -2.32. The van der Waals surface area contributed by atoms with Crippen LogP contribution in [0.3, 0.4) is 0 Å². The Labute approximate surface area is 194 Å². The third kappa shape index (κ3) is 6.35. The summed E-state index contributed by atoms with van der Waals surface area (Å²) in [6.07, 6.45) is 0.658. The lowest BCUT2D eigenvalue weighted by Gasteiger charge is -2.19. The van der Waals surface area contributed by atoms with Crippen LogP contribution >= 0.6 is 0 Å². The first-order valence-corrected chi connectivity index (χ1v) is 10.7. The summed E-state index contributed by atoms with van der Waals surface area (Å²) in [5, 5.41) is 2.89. The highest BCUT2D eigenvalue weighted by molar-refractivity contribution is 6.03. The molecule has 1 amide bonds. The Morgan fingerprint density at radius 2 is 1.70 bits per heavy atom. The summed E-state index contributed by atoms with van der Waals surface area (Å²) in [6.45, 7) is 8.43. The van der Waals surface area contributed by atoms with Gasteiger partial charge in [0.05, 0.1) is 5.56 Å². The van der Waals surface area contributed by atoms with Crippen molar-refractivity contribution in [1.29, 1.82) is 0 Å². The van der Waals surface area contributed by atoms with Crippen LogP contribution in [0.2, 0.25) is 0 Å². The van der Waals surface area contributed by atoms with Crippen LogP contribution in [0.1, 0.15) is 63.2 Å². The fourth-order valence-corrected chi connectivity index (χ4v) is 3.23. The molecule has 0 unspecified atom stereocenters. The van der Waals surface area contributed by atoms with Gasteiger partial charge in [-0.15, -0.1) is 0 Å². The molecule has 0 aliphatic heterocycles. The predicted molar refractivity (Wildman–Crippen MR) is 127 cm³/mol. The van der Waals surface area contributed by atoms with Crippen molar-refractivity contribution in [2.45, 2.75) is 34.3 Å². The van der Waals surface area contributed by atoms with E-state index < -0.39 is 5.97 Å². The van der Waals surface area contributed by atoms with Crippen LogP contribution in [0.15, 0.2) is 60.7 Å². The molecule has 0 saturated carbocycles. The van der Waals surface area contributed by atoms with E-state index in [1.807, 2.05) is 51.1 Å². The Morgan fingerprint density at radius 1 is 1.00 bits per heavy atom. The molecule has 1 aromatic heterocycles. The van der Waals surface area contributed by atoms with E-state index >= 15 is 0 Å². The van der Waals surface area contributed by atoms with E-state index in [0.717, 1.165) is 5.56 Å². The number of ether oxygens (including phenoxy) is 1. The second-order valence-electron chi connectivity index (χ2n) is 9.07. The Bertz CT molecular complexity index is 1160. The van der Waals surface area contributed by atoms with Gasteiger partial charge < -0.3 is 10.1 Å². The van der Waals surface area contributed by atoms with Crippen molar-refractivity contribution in [3.63, 3.8) is 0 Å². The number of aryl methyl sites for hydroxylation is 1. The molecule has 0 aliphatic carbocycles. The van der Waals surface area contributed by atoms with Gasteiger partial charge in [-0.1, -0.05) is 63.2 Å². The number of rotatable bonds is 7. The molecule has 0 atom stereocenters. The number of hydrogen-bond donors (Lipinski definition) is 1.